The van der Waals surface area contributed by atoms with E-state index in [2.05, 4.69) is 35.4 Å². The van der Waals surface area contributed by atoms with Crippen molar-refractivity contribution in [2.75, 3.05) is 32.4 Å². The number of hydrogen-bond acceptors (Lipinski definition) is 4. The Balaban J connectivity index is 1.60. The van der Waals surface area contributed by atoms with Crippen molar-refractivity contribution < 1.29 is 8.42 Å². The van der Waals surface area contributed by atoms with Crippen LogP contribution >= 0.6 is 23.4 Å². The standard InChI is InChI=1S/C18H21ClN2O2S2/c1-24-17-6-2-15(3-7-17)14-20-10-12-21(13-11-20)25(22,23)18-8-4-16(19)5-9-18/h2-9H,10-14H2,1H3. The maximum atomic E-state index is 12.7. The number of nitrogens with zero attached hydrogens (tertiary/aromatic N) is 2. The quantitative estimate of drug-likeness (QED) is 0.724. The monoisotopic (exact) mass is 396 g/mol. The molecule has 134 valence electrons. The number of rotatable bonds is 5. The first kappa shape index (κ1) is 18.7. The predicted octanol–water partition coefficient (Wildman–Crippen LogP) is 3.57. The van der Waals surface area contributed by atoms with Gasteiger partial charge in [-0.1, -0.05) is 23.7 Å². The lowest BCUT2D eigenvalue weighted by atomic mass is 10.2. The summed E-state index contributed by atoms with van der Waals surface area (Å²) in [4.78, 5) is 3.85. The molecule has 0 atom stereocenters. The molecule has 0 amide bonds. The highest BCUT2D eigenvalue weighted by Crippen LogP contribution is 2.21. The molecule has 7 heteroatoms. The number of thioether (sulfide) groups is 1. The van der Waals surface area contributed by atoms with Gasteiger partial charge >= 0.3 is 0 Å². The van der Waals surface area contributed by atoms with E-state index in [0.29, 0.717) is 23.0 Å². The van der Waals surface area contributed by atoms with Gasteiger partial charge in [0.2, 0.25) is 10.0 Å². The summed E-state index contributed by atoms with van der Waals surface area (Å²) in [6, 6.07) is 14.9. The van der Waals surface area contributed by atoms with Crippen molar-refractivity contribution >= 4 is 33.4 Å². The van der Waals surface area contributed by atoms with Crippen molar-refractivity contribution in [3.8, 4) is 0 Å². The fraction of sp³-hybridized carbons (Fsp3) is 0.333. The fourth-order valence-corrected chi connectivity index (χ4v) is 4.83. The van der Waals surface area contributed by atoms with Gasteiger partial charge in [-0.15, -0.1) is 11.8 Å². The minimum Gasteiger partial charge on any atom is -0.296 e. The molecule has 1 saturated heterocycles. The molecule has 2 aromatic carbocycles. The minimum absolute atomic E-state index is 0.304. The normalized spacial score (nSPS) is 16.9. The van der Waals surface area contributed by atoms with Gasteiger partial charge in [0.1, 0.15) is 0 Å². The second kappa shape index (κ2) is 8.10. The first-order valence-electron chi connectivity index (χ1n) is 8.10. The number of sulfonamides is 1. The Morgan fingerprint density at radius 3 is 2.12 bits per heavy atom. The van der Waals surface area contributed by atoms with Crippen LogP contribution in [-0.2, 0) is 16.6 Å². The number of halogens is 1. The van der Waals surface area contributed by atoms with Crippen molar-refractivity contribution in [2.24, 2.45) is 0 Å². The third-order valence-electron chi connectivity index (χ3n) is 4.35. The van der Waals surface area contributed by atoms with E-state index in [1.54, 1.807) is 40.3 Å². The summed E-state index contributed by atoms with van der Waals surface area (Å²) >= 11 is 7.58. The topological polar surface area (TPSA) is 40.6 Å². The van der Waals surface area contributed by atoms with E-state index in [1.165, 1.54) is 10.5 Å². The van der Waals surface area contributed by atoms with E-state index in [-0.39, 0.29) is 0 Å². The zero-order valence-corrected chi connectivity index (χ0v) is 16.4. The van der Waals surface area contributed by atoms with Crippen molar-refractivity contribution in [3.05, 3.63) is 59.1 Å². The van der Waals surface area contributed by atoms with Crippen molar-refractivity contribution in [3.63, 3.8) is 0 Å². The van der Waals surface area contributed by atoms with Crippen LogP contribution in [0.15, 0.2) is 58.3 Å². The van der Waals surface area contributed by atoms with E-state index in [1.807, 2.05) is 0 Å². The SMILES string of the molecule is CSc1ccc(CN2CCN(S(=O)(=O)c3ccc(Cl)cc3)CC2)cc1. The van der Waals surface area contributed by atoms with Crippen LogP contribution in [0.1, 0.15) is 5.56 Å². The molecule has 0 aromatic heterocycles. The van der Waals surface area contributed by atoms with Crippen LogP contribution in [0.3, 0.4) is 0 Å². The molecule has 1 fully saturated rings. The Kier molecular flexibility index (Phi) is 6.07. The Morgan fingerprint density at radius 1 is 0.960 bits per heavy atom. The van der Waals surface area contributed by atoms with E-state index in [9.17, 15) is 8.42 Å². The Bertz CT molecular complexity index is 800. The number of benzene rings is 2. The fourth-order valence-electron chi connectivity index (χ4n) is 2.87. The maximum absolute atomic E-state index is 12.7. The zero-order valence-electron chi connectivity index (χ0n) is 14.1. The van der Waals surface area contributed by atoms with E-state index in [4.69, 9.17) is 11.6 Å². The van der Waals surface area contributed by atoms with Crippen LogP contribution in [0.5, 0.6) is 0 Å². The largest absolute Gasteiger partial charge is 0.296 e. The Hall–Kier alpha value is -1.05. The average molecular weight is 397 g/mol. The lowest BCUT2D eigenvalue weighted by Gasteiger charge is -2.34. The molecule has 0 spiro atoms. The molecule has 1 aliphatic heterocycles. The Labute approximate surface area is 158 Å². The van der Waals surface area contributed by atoms with Gasteiger partial charge in [0.25, 0.3) is 0 Å². The van der Waals surface area contributed by atoms with Gasteiger partial charge < -0.3 is 0 Å². The van der Waals surface area contributed by atoms with Gasteiger partial charge in [0.15, 0.2) is 0 Å². The molecule has 0 bridgehead atoms. The van der Waals surface area contributed by atoms with Crippen LogP contribution in [0.2, 0.25) is 5.02 Å². The van der Waals surface area contributed by atoms with Gasteiger partial charge in [-0.25, -0.2) is 8.42 Å². The lowest BCUT2D eigenvalue weighted by Crippen LogP contribution is -2.48. The highest BCUT2D eigenvalue weighted by atomic mass is 35.5. The molecule has 1 heterocycles. The molecule has 4 nitrogen and oxygen atoms in total. The minimum atomic E-state index is -3.44. The van der Waals surface area contributed by atoms with Gasteiger partial charge in [-0.2, -0.15) is 4.31 Å². The highest BCUT2D eigenvalue weighted by molar-refractivity contribution is 7.98. The number of piperazine rings is 1. The summed E-state index contributed by atoms with van der Waals surface area (Å²) in [5.74, 6) is 0. The first-order valence-corrected chi connectivity index (χ1v) is 11.1. The van der Waals surface area contributed by atoms with Crippen LogP contribution in [0.4, 0.5) is 0 Å². The summed E-state index contributed by atoms with van der Waals surface area (Å²) in [7, 11) is -3.44. The van der Waals surface area contributed by atoms with Crippen LogP contribution < -0.4 is 0 Å². The molecular weight excluding hydrogens is 376 g/mol. The molecule has 0 saturated carbocycles. The summed E-state index contributed by atoms with van der Waals surface area (Å²) in [5.41, 5.74) is 1.26. The molecule has 2 aromatic rings. The van der Waals surface area contributed by atoms with E-state index in [0.717, 1.165) is 19.6 Å². The van der Waals surface area contributed by atoms with Gasteiger partial charge in [0.05, 0.1) is 4.90 Å². The molecule has 3 rings (SSSR count). The van der Waals surface area contributed by atoms with Gasteiger partial charge in [-0.05, 0) is 48.2 Å². The summed E-state index contributed by atoms with van der Waals surface area (Å²) in [5, 5.41) is 0.538. The molecule has 0 radical (unpaired) electrons. The van der Waals surface area contributed by atoms with Crippen LogP contribution in [-0.4, -0.2) is 50.1 Å². The summed E-state index contributed by atoms with van der Waals surface area (Å²) in [6.07, 6.45) is 2.06. The smallest absolute Gasteiger partial charge is 0.243 e. The van der Waals surface area contributed by atoms with Gasteiger partial charge in [0, 0.05) is 42.6 Å². The molecular formula is C18H21ClN2O2S2. The molecule has 25 heavy (non-hydrogen) atoms. The predicted molar refractivity (Wildman–Crippen MR) is 104 cm³/mol. The Morgan fingerprint density at radius 2 is 1.56 bits per heavy atom. The number of hydrogen-bond donors (Lipinski definition) is 0. The van der Waals surface area contributed by atoms with Crippen molar-refractivity contribution in [1.82, 2.24) is 9.21 Å². The lowest BCUT2D eigenvalue weighted by molar-refractivity contribution is 0.181. The average Bonchev–Trinajstić information content (AvgIpc) is 2.63. The van der Waals surface area contributed by atoms with Crippen molar-refractivity contribution in [1.29, 1.82) is 0 Å². The zero-order chi connectivity index (χ0) is 17.9. The highest BCUT2D eigenvalue weighted by Gasteiger charge is 2.28. The van der Waals surface area contributed by atoms with E-state index < -0.39 is 10.0 Å². The van der Waals surface area contributed by atoms with Crippen LogP contribution in [0.25, 0.3) is 0 Å². The molecule has 0 aliphatic carbocycles. The summed E-state index contributed by atoms with van der Waals surface area (Å²) in [6.45, 7) is 3.33. The third-order valence-corrected chi connectivity index (χ3v) is 7.26. The maximum Gasteiger partial charge on any atom is 0.243 e. The second-order valence-electron chi connectivity index (χ2n) is 5.98. The molecule has 0 N–H and O–H groups in total. The van der Waals surface area contributed by atoms with Gasteiger partial charge in [-0.3, -0.25) is 4.90 Å². The van der Waals surface area contributed by atoms with Crippen LogP contribution in [0, 0.1) is 0 Å². The molecule has 0 unspecified atom stereocenters. The second-order valence-corrected chi connectivity index (χ2v) is 9.24. The third kappa shape index (κ3) is 4.57. The summed E-state index contributed by atoms with van der Waals surface area (Å²) < 4.78 is 27.0. The first-order chi connectivity index (χ1) is 12.0. The van der Waals surface area contributed by atoms with Crippen molar-refractivity contribution in [2.45, 2.75) is 16.3 Å². The van der Waals surface area contributed by atoms with E-state index >= 15 is 0 Å². The molecule has 1 aliphatic rings.